The molecule has 1 heterocycles. The lowest BCUT2D eigenvalue weighted by Gasteiger charge is -2.32. The molecule has 1 amide bonds. The number of carbonyl (C=O) groups excluding carboxylic acids is 1. The zero-order valence-electron chi connectivity index (χ0n) is 14.3. The van der Waals surface area contributed by atoms with Gasteiger partial charge in [0.25, 0.3) is 0 Å². The number of hydrogen-bond acceptors (Lipinski definition) is 3. The molecule has 5 heteroatoms. The maximum absolute atomic E-state index is 12.7. The Balaban J connectivity index is 1.55. The van der Waals surface area contributed by atoms with Gasteiger partial charge in [-0.05, 0) is 51.3 Å². The monoisotopic (exact) mass is 330 g/mol. The van der Waals surface area contributed by atoms with Gasteiger partial charge >= 0.3 is 5.97 Å². The topological polar surface area (TPSA) is 60.9 Å². The van der Waals surface area contributed by atoms with Gasteiger partial charge in [-0.2, -0.15) is 0 Å². The predicted molar refractivity (Wildman–Crippen MR) is 91.6 cm³/mol. The normalized spacial score (nSPS) is 19.2. The van der Waals surface area contributed by atoms with Crippen LogP contribution in [-0.4, -0.2) is 52.5 Å². The molecule has 5 nitrogen and oxygen atoms in total. The molecule has 1 aliphatic heterocycles. The molecule has 3 rings (SSSR count). The van der Waals surface area contributed by atoms with Gasteiger partial charge in [-0.3, -0.25) is 14.5 Å². The van der Waals surface area contributed by atoms with Crippen molar-refractivity contribution in [1.29, 1.82) is 0 Å². The number of rotatable bonds is 6. The Kier molecular flexibility index (Phi) is 5.19. The summed E-state index contributed by atoms with van der Waals surface area (Å²) >= 11 is 0. The minimum absolute atomic E-state index is 0.173. The van der Waals surface area contributed by atoms with Crippen LogP contribution in [0.25, 0.3) is 0 Å². The molecular formula is C19H26N2O3. The molecule has 1 saturated heterocycles. The van der Waals surface area contributed by atoms with E-state index in [9.17, 15) is 9.59 Å². The molecule has 1 saturated carbocycles. The Morgan fingerprint density at radius 1 is 1.12 bits per heavy atom. The number of amides is 1. The van der Waals surface area contributed by atoms with Crippen molar-refractivity contribution in [3.05, 3.63) is 35.4 Å². The second kappa shape index (κ2) is 7.34. The van der Waals surface area contributed by atoms with Crippen molar-refractivity contribution < 1.29 is 14.7 Å². The molecule has 1 aliphatic carbocycles. The van der Waals surface area contributed by atoms with Gasteiger partial charge in [0.15, 0.2) is 0 Å². The van der Waals surface area contributed by atoms with E-state index < -0.39 is 5.97 Å². The third-order valence-corrected chi connectivity index (χ3v) is 5.08. The van der Waals surface area contributed by atoms with Gasteiger partial charge in [0.2, 0.25) is 5.91 Å². The predicted octanol–water partition coefficient (Wildman–Crippen LogP) is 2.28. The molecule has 0 spiro atoms. The minimum Gasteiger partial charge on any atom is -0.481 e. The highest BCUT2D eigenvalue weighted by atomic mass is 16.4. The van der Waals surface area contributed by atoms with Crippen molar-refractivity contribution in [3.8, 4) is 0 Å². The average molecular weight is 330 g/mol. The number of carbonyl (C=O) groups is 2. The third kappa shape index (κ3) is 4.35. The Hall–Kier alpha value is -1.88. The SMILES string of the molecule is Cc1ccc(CN(C(=O)CN2CCC(C(=O)O)CC2)C2CC2)cc1. The van der Waals surface area contributed by atoms with Crippen LogP contribution in [0, 0.1) is 12.8 Å². The van der Waals surface area contributed by atoms with Crippen LogP contribution in [0.15, 0.2) is 24.3 Å². The fraction of sp³-hybridized carbons (Fsp3) is 0.579. The first-order valence-electron chi connectivity index (χ1n) is 8.83. The van der Waals surface area contributed by atoms with Gasteiger partial charge in [0.05, 0.1) is 12.5 Å². The maximum Gasteiger partial charge on any atom is 0.306 e. The van der Waals surface area contributed by atoms with Gasteiger partial charge in [-0.1, -0.05) is 29.8 Å². The highest BCUT2D eigenvalue weighted by molar-refractivity contribution is 5.79. The standard InChI is InChI=1S/C19H26N2O3/c1-14-2-4-15(5-3-14)12-21(17-6-7-17)18(22)13-20-10-8-16(9-11-20)19(23)24/h2-5,16-17H,6-13H2,1H3,(H,23,24). The van der Waals surface area contributed by atoms with E-state index in [4.69, 9.17) is 5.11 Å². The zero-order valence-corrected chi connectivity index (χ0v) is 14.3. The van der Waals surface area contributed by atoms with Crippen LogP contribution < -0.4 is 0 Å². The van der Waals surface area contributed by atoms with Gasteiger partial charge < -0.3 is 10.0 Å². The van der Waals surface area contributed by atoms with Crippen LogP contribution in [0.3, 0.4) is 0 Å². The van der Waals surface area contributed by atoms with E-state index >= 15 is 0 Å². The Morgan fingerprint density at radius 3 is 2.29 bits per heavy atom. The molecule has 2 fully saturated rings. The van der Waals surface area contributed by atoms with Crippen LogP contribution in [0.5, 0.6) is 0 Å². The first kappa shape index (κ1) is 17.0. The lowest BCUT2D eigenvalue weighted by Crippen LogP contribution is -2.44. The average Bonchev–Trinajstić information content (AvgIpc) is 3.39. The van der Waals surface area contributed by atoms with E-state index in [1.54, 1.807) is 0 Å². The molecule has 0 bridgehead atoms. The van der Waals surface area contributed by atoms with Crippen molar-refractivity contribution in [2.45, 2.75) is 45.2 Å². The van der Waals surface area contributed by atoms with Crippen LogP contribution in [-0.2, 0) is 16.1 Å². The quantitative estimate of drug-likeness (QED) is 0.869. The summed E-state index contributed by atoms with van der Waals surface area (Å²) in [5.74, 6) is -0.782. The van der Waals surface area contributed by atoms with Crippen molar-refractivity contribution in [1.82, 2.24) is 9.80 Å². The van der Waals surface area contributed by atoms with E-state index in [1.807, 2.05) is 4.90 Å². The summed E-state index contributed by atoms with van der Waals surface area (Å²) in [7, 11) is 0. The first-order valence-corrected chi connectivity index (χ1v) is 8.83. The second-order valence-electron chi connectivity index (χ2n) is 7.13. The van der Waals surface area contributed by atoms with Gasteiger partial charge in [-0.25, -0.2) is 0 Å². The summed E-state index contributed by atoms with van der Waals surface area (Å²) in [6.07, 6.45) is 3.48. The molecule has 1 aromatic rings. The molecule has 1 aromatic carbocycles. The molecule has 130 valence electrons. The van der Waals surface area contributed by atoms with Crippen LogP contribution in [0.1, 0.15) is 36.8 Å². The van der Waals surface area contributed by atoms with Crippen molar-refractivity contribution in [2.75, 3.05) is 19.6 Å². The largest absolute Gasteiger partial charge is 0.481 e. The molecule has 24 heavy (non-hydrogen) atoms. The molecule has 0 radical (unpaired) electrons. The van der Waals surface area contributed by atoms with Crippen molar-refractivity contribution in [3.63, 3.8) is 0 Å². The minimum atomic E-state index is -0.708. The fourth-order valence-corrected chi connectivity index (χ4v) is 3.32. The summed E-state index contributed by atoms with van der Waals surface area (Å²) in [6, 6.07) is 8.74. The number of hydrogen-bond donors (Lipinski definition) is 1. The molecular weight excluding hydrogens is 304 g/mol. The van der Waals surface area contributed by atoms with Gasteiger partial charge in [0, 0.05) is 12.6 Å². The van der Waals surface area contributed by atoms with Crippen molar-refractivity contribution >= 4 is 11.9 Å². The highest BCUT2D eigenvalue weighted by Crippen LogP contribution is 2.29. The molecule has 0 unspecified atom stereocenters. The Labute approximate surface area is 143 Å². The highest BCUT2D eigenvalue weighted by Gasteiger charge is 2.34. The summed E-state index contributed by atoms with van der Waals surface area (Å²) in [5, 5.41) is 9.07. The molecule has 1 N–H and O–H groups in total. The van der Waals surface area contributed by atoms with E-state index in [0.717, 1.165) is 12.8 Å². The summed E-state index contributed by atoms with van der Waals surface area (Å²) in [6.45, 7) is 4.55. The van der Waals surface area contributed by atoms with Gasteiger partial charge in [-0.15, -0.1) is 0 Å². The van der Waals surface area contributed by atoms with Crippen LogP contribution >= 0.6 is 0 Å². The summed E-state index contributed by atoms with van der Waals surface area (Å²) in [4.78, 5) is 27.9. The molecule has 2 aliphatic rings. The number of aryl methyl sites for hydroxylation is 1. The smallest absolute Gasteiger partial charge is 0.306 e. The van der Waals surface area contributed by atoms with E-state index in [2.05, 4.69) is 36.1 Å². The summed E-state index contributed by atoms with van der Waals surface area (Å²) in [5.41, 5.74) is 2.40. The summed E-state index contributed by atoms with van der Waals surface area (Å²) < 4.78 is 0. The van der Waals surface area contributed by atoms with E-state index in [0.29, 0.717) is 45.1 Å². The molecule has 0 aromatic heterocycles. The second-order valence-corrected chi connectivity index (χ2v) is 7.13. The number of benzene rings is 1. The third-order valence-electron chi connectivity index (χ3n) is 5.08. The first-order chi connectivity index (χ1) is 11.5. The van der Waals surface area contributed by atoms with E-state index in [1.165, 1.54) is 11.1 Å². The molecule has 0 atom stereocenters. The lowest BCUT2D eigenvalue weighted by molar-refractivity contribution is -0.143. The number of aliphatic carboxylic acids is 1. The number of nitrogens with zero attached hydrogens (tertiary/aromatic N) is 2. The van der Waals surface area contributed by atoms with Crippen LogP contribution in [0.4, 0.5) is 0 Å². The number of piperidine rings is 1. The van der Waals surface area contributed by atoms with Crippen LogP contribution in [0.2, 0.25) is 0 Å². The Morgan fingerprint density at radius 2 is 1.75 bits per heavy atom. The number of likely N-dealkylation sites (tertiary alicyclic amines) is 1. The number of carboxylic acid groups (broad SMARTS) is 1. The zero-order chi connectivity index (χ0) is 17.1. The van der Waals surface area contributed by atoms with Gasteiger partial charge in [0.1, 0.15) is 0 Å². The lowest BCUT2D eigenvalue weighted by atomic mass is 9.97. The fourth-order valence-electron chi connectivity index (χ4n) is 3.32. The van der Waals surface area contributed by atoms with Crippen molar-refractivity contribution in [2.24, 2.45) is 5.92 Å². The Bertz CT molecular complexity index is 587. The maximum atomic E-state index is 12.7. The number of carboxylic acids is 1. The van der Waals surface area contributed by atoms with E-state index in [-0.39, 0.29) is 11.8 Å².